The number of hydrogen-bond acceptors (Lipinski definition) is 2. The number of nitrogens with zero attached hydrogens (tertiary/aromatic N) is 2. The molecule has 1 N–H and O–H groups in total. The van der Waals surface area contributed by atoms with Gasteiger partial charge in [-0.2, -0.15) is 5.10 Å². The van der Waals surface area contributed by atoms with E-state index >= 15 is 0 Å². The van der Waals surface area contributed by atoms with Crippen molar-refractivity contribution in [3.8, 4) is 5.69 Å². The van der Waals surface area contributed by atoms with E-state index in [1.54, 1.807) is 0 Å². The number of nitrogens with one attached hydrogen (secondary N) is 1. The van der Waals surface area contributed by atoms with Crippen molar-refractivity contribution >= 4 is 5.82 Å². The summed E-state index contributed by atoms with van der Waals surface area (Å²) in [5.74, 6) is 1.05. The maximum Gasteiger partial charge on any atom is 0.130 e. The van der Waals surface area contributed by atoms with Crippen LogP contribution in [0.4, 0.5) is 5.82 Å². The van der Waals surface area contributed by atoms with Crippen molar-refractivity contribution in [2.24, 2.45) is 0 Å². The minimum atomic E-state index is 0.0450. The second kappa shape index (κ2) is 7.48. The van der Waals surface area contributed by atoms with Gasteiger partial charge in [-0.05, 0) is 32.9 Å². The van der Waals surface area contributed by atoms with Gasteiger partial charge in [-0.25, -0.2) is 4.68 Å². The van der Waals surface area contributed by atoms with E-state index in [1.165, 1.54) is 5.56 Å². The zero-order valence-electron chi connectivity index (χ0n) is 15.4. The van der Waals surface area contributed by atoms with Crippen LogP contribution in [0.25, 0.3) is 5.69 Å². The third kappa shape index (κ3) is 4.62. The highest BCUT2D eigenvalue weighted by atomic mass is 15.3. The Hall–Kier alpha value is -1.77. The van der Waals surface area contributed by atoms with Crippen molar-refractivity contribution in [2.75, 3.05) is 5.32 Å². The molecule has 1 aromatic carbocycles. The number of aromatic nitrogens is 2. The van der Waals surface area contributed by atoms with E-state index in [2.05, 4.69) is 77.2 Å². The van der Waals surface area contributed by atoms with Crippen LogP contribution < -0.4 is 5.32 Å². The zero-order chi connectivity index (χ0) is 16.9. The first-order valence-electron chi connectivity index (χ1n) is 8.21. The number of anilines is 1. The lowest BCUT2D eigenvalue weighted by Gasteiger charge is -2.14. The Bertz CT molecular complexity index is 572. The molecule has 3 nitrogen and oxygen atoms in total. The van der Waals surface area contributed by atoms with E-state index < -0.39 is 0 Å². The van der Waals surface area contributed by atoms with Crippen LogP contribution in [-0.4, -0.2) is 15.8 Å². The quantitative estimate of drug-likeness (QED) is 0.831. The minimum absolute atomic E-state index is 0.0450. The standard InChI is InChI=1S/C17H25N3.C2H6/c1-12(2)18-16-11-15(17(4,5)6)19-20(16)14-9-7-13(3)8-10-14;1-2/h7-12,18H,1-6H3;1-2H3. The van der Waals surface area contributed by atoms with E-state index in [9.17, 15) is 0 Å². The number of rotatable bonds is 3. The molecule has 0 bridgehead atoms. The molecular formula is C19H31N3. The fourth-order valence-corrected chi connectivity index (χ4v) is 2.03. The molecule has 0 fully saturated rings. The molecule has 1 heterocycles. The summed E-state index contributed by atoms with van der Waals surface area (Å²) in [6, 6.07) is 11.0. The molecule has 22 heavy (non-hydrogen) atoms. The van der Waals surface area contributed by atoms with Crippen molar-refractivity contribution < 1.29 is 0 Å². The van der Waals surface area contributed by atoms with Gasteiger partial charge in [0.05, 0.1) is 11.4 Å². The summed E-state index contributed by atoms with van der Waals surface area (Å²) in [5, 5.41) is 8.27. The van der Waals surface area contributed by atoms with Gasteiger partial charge in [0.25, 0.3) is 0 Å². The zero-order valence-corrected chi connectivity index (χ0v) is 15.4. The molecule has 0 saturated carbocycles. The summed E-state index contributed by atoms with van der Waals surface area (Å²) >= 11 is 0. The molecule has 3 heteroatoms. The van der Waals surface area contributed by atoms with Crippen LogP contribution in [0.1, 0.15) is 59.7 Å². The highest BCUT2D eigenvalue weighted by Gasteiger charge is 2.20. The lowest BCUT2D eigenvalue weighted by molar-refractivity contribution is 0.560. The van der Waals surface area contributed by atoms with Crippen molar-refractivity contribution in [3.63, 3.8) is 0 Å². The Morgan fingerprint density at radius 2 is 1.59 bits per heavy atom. The first kappa shape index (κ1) is 18.3. The fourth-order valence-electron chi connectivity index (χ4n) is 2.03. The maximum atomic E-state index is 4.79. The van der Waals surface area contributed by atoms with Crippen LogP contribution in [0, 0.1) is 6.92 Å². The van der Waals surface area contributed by atoms with Crippen molar-refractivity contribution in [2.45, 2.75) is 66.8 Å². The normalized spacial score (nSPS) is 11.1. The topological polar surface area (TPSA) is 29.9 Å². The van der Waals surface area contributed by atoms with Crippen molar-refractivity contribution in [3.05, 3.63) is 41.6 Å². The Morgan fingerprint density at radius 3 is 2.05 bits per heavy atom. The lowest BCUT2D eigenvalue weighted by atomic mass is 9.92. The molecule has 0 atom stereocenters. The predicted molar refractivity (Wildman–Crippen MR) is 97.1 cm³/mol. The summed E-state index contributed by atoms with van der Waals surface area (Å²) in [6.07, 6.45) is 0. The average Bonchev–Trinajstić information content (AvgIpc) is 2.85. The van der Waals surface area contributed by atoms with Gasteiger partial charge in [-0.15, -0.1) is 0 Å². The summed E-state index contributed by atoms with van der Waals surface area (Å²) in [6.45, 7) is 16.9. The Morgan fingerprint density at radius 1 is 1.05 bits per heavy atom. The third-order valence-electron chi connectivity index (χ3n) is 3.19. The van der Waals surface area contributed by atoms with Gasteiger partial charge in [0.15, 0.2) is 0 Å². The van der Waals surface area contributed by atoms with E-state index in [0.717, 1.165) is 17.2 Å². The minimum Gasteiger partial charge on any atom is -0.368 e. The number of hydrogen-bond donors (Lipinski definition) is 1. The number of benzene rings is 1. The van der Waals surface area contributed by atoms with E-state index in [1.807, 2.05) is 18.5 Å². The Balaban J connectivity index is 0.00000116. The van der Waals surface area contributed by atoms with Crippen molar-refractivity contribution in [1.29, 1.82) is 0 Å². The third-order valence-corrected chi connectivity index (χ3v) is 3.19. The maximum absolute atomic E-state index is 4.79. The van der Waals surface area contributed by atoms with E-state index in [4.69, 9.17) is 5.10 Å². The van der Waals surface area contributed by atoms with Crippen LogP contribution in [-0.2, 0) is 5.41 Å². The fraction of sp³-hybridized carbons (Fsp3) is 0.526. The SMILES string of the molecule is CC.Cc1ccc(-n2nc(C(C)(C)C)cc2NC(C)C)cc1. The van der Waals surface area contributed by atoms with E-state index in [0.29, 0.717) is 6.04 Å². The predicted octanol–water partition coefficient (Wildman–Crippen LogP) is 5.32. The van der Waals surface area contributed by atoms with E-state index in [-0.39, 0.29) is 5.41 Å². The largest absolute Gasteiger partial charge is 0.368 e. The van der Waals surface area contributed by atoms with Gasteiger partial charge in [0, 0.05) is 17.5 Å². The first-order chi connectivity index (χ1) is 10.3. The molecule has 0 amide bonds. The van der Waals surface area contributed by atoms with Gasteiger partial charge in [0.1, 0.15) is 5.82 Å². The molecular weight excluding hydrogens is 270 g/mol. The Labute approximate surface area is 135 Å². The molecule has 0 aliphatic heterocycles. The lowest BCUT2D eigenvalue weighted by Crippen LogP contribution is -2.14. The highest BCUT2D eigenvalue weighted by molar-refractivity contribution is 5.48. The summed E-state index contributed by atoms with van der Waals surface area (Å²) in [4.78, 5) is 0. The van der Waals surface area contributed by atoms with Gasteiger partial charge in [-0.3, -0.25) is 0 Å². The molecule has 122 valence electrons. The Kier molecular flexibility index (Phi) is 6.21. The average molecular weight is 301 g/mol. The molecule has 0 spiro atoms. The summed E-state index contributed by atoms with van der Waals surface area (Å²) < 4.78 is 2.00. The summed E-state index contributed by atoms with van der Waals surface area (Å²) in [7, 11) is 0. The second-order valence-electron chi connectivity index (χ2n) is 6.71. The van der Waals surface area contributed by atoms with Crippen LogP contribution >= 0.6 is 0 Å². The molecule has 0 unspecified atom stereocenters. The molecule has 2 aromatic rings. The van der Waals surface area contributed by atoms with Gasteiger partial charge < -0.3 is 5.32 Å². The van der Waals surface area contributed by atoms with Crippen molar-refractivity contribution in [1.82, 2.24) is 9.78 Å². The van der Waals surface area contributed by atoms with Gasteiger partial charge in [-0.1, -0.05) is 52.3 Å². The molecule has 0 radical (unpaired) electrons. The second-order valence-corrected chi connectivity index (χ2v) is 6.71. The monoisotopic (exact) mass is 301 g/mol. The molecule has 0 aliphatic carbocycles. The first-order valence-corrected chi connectivity index (χ1v) is 8.21. The van der Waals surface area contributed by atoms with Crippen LogP contribution in [0.3, 0.4) is 0 Å². The summed E-state index contributed by atoms with van der Waals surface area (Å²) in [5.41, 5.74) is 3.49. The molecule has 1 aromatic heterocycles. The smallest absolute Gasteiger partial charge is 0.130 e. The van der Waals surface area contributed by atoms with Gasteiger partial charge >= 0.3 is 0 Å². The van der Waals surface area contributed by atoms with Gasteiger partial charge in [0.2, 0.25) is 0 Å². The van der Waals surface area contributed by atoms with Crippen LogP contribution in [0.5, 0.6) is 0 Å². The number of aryl methyl sites for hydroxylation is 1. The highest BCUT2D eigenvalue weighted by Crippen LogP contribution is 2.26. The molecule has 0 saturated heterocycles. The van der Waals surface area contributed by atoms with Crippen LogP contribution in [0.15, 0.2) is 30.3 Å². The van der Waals surface area contributed by atoms with Crippen LogP contribution in [0.2, 0.25) is 0 Å². The molecule has 0 aliphatic rings. The molecule has 2 rings (SSSR count).